The lowest BCUT2D eigenvalue weighted by molar-refractivity contribution is 0.0586. The molecule has 1 amide bonds. The van der Waals surface area contributed by atoms with Crippen molar-refractivity contribution in [1.29, 1.82) is 0 Å². The summed E-state index contributed by atoms with van der Waals surface area (Å²) in [4.78, 5) is 12.1. The molecule has 1 saturated carbocycles. The first-order valence-corrected chi connectivity index (χ1v) is 6.15. The summed E-state index contributed by atoms with van der Waals surface area (Å²) in [6.45, 7) is 5.82. The fraction of sp³-hybridized carbons (Fsp3) is 0.500. The number of nitrogens with one attached hydrogen (secondary N) is 1. The van der Waals surface area contributed by atoms with Crippen LogP contribution in [0.2, 0.25) is 0 Å². The van der Waals surface area contributed by atoms with Crippen LogP contribution in [0.5, 0.6) is 0 Å². The van der Waals surface area contributed by atoms with Crippen molar-refractivity contribution in [1.82, 2.24) is 5.32 Å². The smallest absolute Gasteiger partial charge is 0.251 e. The van der Waals surface area contributed by atoms with Gasteiger partial charge in [0.25, 0.3) is 5.91 Å². The molecule has 2 unspecified atom stereocenters. The van der Waals surface area contributed by atoms with E-state index in [0.717, 1.165) is 6.42 Å². The Morgan fingerprint density at radius 3 is 2.67 bits per heavy atom. The van der Waals surface area contributed by atoms with Crippen LogP contribution in [0.4, 0.5) is 4.39 Å². The van der Waals surface area contributed by atoms with Crippen LogP contribution in [0.25, 0.3) is 0 Å². The van der Waals surface area contributed by atoms with E-state index >= 15 is 0 Å². The normalized spacial score (nSPS) is 25.4. The number of halogens is 1. The largest absolute Gasteiger partial charge is 0.349 e. The number of nitrogens with two attached hydrogens (primary N) is 1. The number of benzene rings is 1. The Hall–Kier alpha value is -1.42. The van der Waals surface area contributed by atoms with E-state index in [0.29, 0.717) is 11.1 Å². The van der Waals surface area contributed by atoms with E-state index in [2.05, 4.69) is 5.32 Å². The molecule has 0 aromatic heterocycles. The van der Waals surface area contributed by atoms with E-state index in [9.17, 15) is 9.18 Å². The van der Waals surface area contributed by atoms with E-state index in [4.69, 9.17) is 5.73 Å². The van der Waals surface area contributed by atoms with Crippen LogP contribution < -0.4 is 11.1 Å². The molecule has 1 aliphatic rings. The minimum Gasteiger partial charge on any atom is -0.349 e. The maximum absolute atomic E-state index is 13.0. The molecule has 1 fully saturated rings. The van der Waals surface area contributed by atoms with Gasteiger partial charge in [0.15, 0.2) is 0 Å². The molecule has 2 atom stereocenters. The zero-order valence-corrected chi connectivity index (χ0v) is 11.0. The summed E-state index contributed by atoms with van der Waals surface area (Å²) in [7, 11) is 0. The van der Waals surface area contributed by atoms with Crippen molar-refractivity contribution < 1.29 is 9.18 Å². The number of rotatable bonds is 2. The summed E-state index contributed by atoms with van der Waals surface area (Å²) >= 11 is 0. The fourth-order valence-electron chi connectivity index (χ4n) is 2.32. The number of carbonyl (C=O) groups is 1. The summed E-state index contributed by atoms with van der Waals surface area (Å²) in [6.07, 6.45) is 0.791. The first-order valence-electron chi connectivity index (χ1n) is 6.15. The summed E-state index contributed by atoms with van der Waals surface area (Å²) in [5.74, 6) is -0.479. The highest BCUT2D eigenvalue weighted by molar-refractivity contribution is 5.95. The molecule has 2 rings (SSSR count). The minimum absolute atomic E-state index is 0.0798. The van der Waals surface area contributed by atoms with Crippen molar-refractivity contribution in [2.45, 2.75) is 39.3 Å². The monoisotopic (exact) mass is 250 g/mol. The van der Waals surface area contributed by atoms with Gasteiger partial charge in [0.2, 0.25) is 0 Å². The van der Waals surface area contributed by atoms with Crippen molar-refractivity contribution in [3.8, 4) is 0 Å². The van der Waals surface area contributed by atoms with E-state index in [1.165, 1.54) is 18.2 Å². The van der Waals surface area contributed by atoms with Crippen LogP contribution in [-0.4, -0.2) is 18.0 Å². The predicted octanol–water partition coefficient (Wildman–Crippen LogP) is 1.99. The number of hydrogen-bond donors (Lipinski definition) is 2. The molecule has 0 bridgehead atoms. The number of carbonyl (C=O) groups excluding carboxylic acids is 1. The molecule has 0 spiro atoms. The van der Waals surface area contributed by atoms with Gasteiger partial charge in [-0.2, -0.15) is 0 Å². The number of aryl methyl sites for hydroxylation is 1. The fourth-order valence-corrected chi connectivity index (χ4v) is 2.32. The van der Waals surface area contributed by atoms with Gasteiger partial charge >= 0.3 is 0 Å². The van der Waals surface area contributed by atoms with Crippen LogP contribution >= 0.6 is 0 Å². The van der Waals surface area contributed by atoms with Crippen LogP contribution in [0.15, 0.2) is 18.2 Å². The van der Waals surface area contributed by atoms with Gasteiger partial charge in [0.1, 0.15) is 5.82 Å². The summed E-state index contributed by atoms with van der Waals surface area (Å²) in [5, 5.41) is 2.97. The molecule has 98 valence electrons. The molecule has 3 nitrogen and oxygen atoms in total. The van der Waals surface area contributed by atoms with Crippen molar-refractivity contribution in [2.75, 3.05) is 0 Å². The van der Waals surface area contributed by atoms with Gasteiger partial charge < -0.3 is 11.1 Å². The van der Waals surface area contributed by atoms with Gasteiger partial charge in [-0.3, -0.25) is 4.79 Å². The Labute approximate surface area is 107 Å². The van der Waals surface area contributed by atoms with Crippen LogP contribution in [0.1, 0.15) is 36.2 Å². The maximum Gasteiger partial charge on any atom is 0.251 e. The zero-order valence-electron chi connectivity index (χ0n) is 11.0. The van der Waals surface area contributed by atoms with Crippen LogP contribution in [0, 0.1) is 18.2 Å². The van der Waals surface area contributed by atoms with E-state index in [-0.39, 0.29) is 29.2 Å². The third-order valence-electron chi connectivity index (χ3n) is 4.08. The van der Waals surface area contributed by atoms with E-state index in [1.807, 2.05) is 13.8 Å². The lowest BCUT2D eigenvalue weighted by Gasteiger charge is -2.50. The Morgan fingerprint density at radius 2 is 2.17 bits per heavy atom. The van der Waals surface area contributed by atoms with Crippen molar-refractivity contribution >= 4 is 5.91 Å². The van der Waals surface area contributed by atoms with E-state index in [1.54, 1.807) is 6.92 Å². The lowest BCUT2D eigenvalue weighted by atomic mass is 9.63. The van der Waals surface area contributed by atoms with Gasteiger partial charge in [-0.25, -0.2) is 4.39 Å². The molecule has 1 aliphatic carbocycles. The van der Waals surface area contributed by atoms with Gasteiger partial charge in [-0.1, -0.05) is 13.8 Å². The second kappa shape index (κ2) is 4.35. The van der Waals surface area contributed by atoms with E-state index < -0.39 is 0 Å². The second-order valence-electron chi connectivity index (χ2n) is 5.65. The Kier molecular flexibility index (Phi) is 3.15. The Bertz CT molecular complexity index is 485. The highest BCUT2D eigenvalue weighted by Gasteiger charge is 2.46. The SMILES string of the molecule is Cc1cc(F)ccc1C(=O)NC1CC(N)C1(C)C. The summed E-state index contributed by atoms with van der Waals surface area (Å²) in [6, 6.07) is 4.40. The van der Waals surface area contributed by atoms with Crippen LogP contribution in [0.3, 0.4) is 0 Å². The van der Waals surface area contributed by atoms with Crippen molar-refractivity contribution in [2.24, 2.45) is 11.1 Å². The quantitative estimate of drug-likeness (QED) is 0.843. The third kappa shape index (κ3) is 2.12. The van der Waals surface area contributed by atoms with Gasteiger partial charge in [0.05, 0.1) is 0 Å². The molecule has 3 N–H and O–H groups in total. The first kappa shape index (κ1) is 13.0. The maximum atomic E-state index is 13.0. The highest BCUT2D eigenvalue weighted by atomic mass is 19.1. The van der Waals surface area contributed by atoms with Crippen molar-refractivity contribution in [3.63, 3.8) is 0 Å². The second-order valence-corrected chi connectivity index (χ2v) is 5.65. The molecule has 18 heavy (non-hydrogen) atoms. The zero-order chi connectivity index (χ0) is 13.5. The summed E-state index contributed by atoms with van der Waals surface area (Å²) in [5.41, 5.74) is 7.00. The molecule has 0 aliphatic heterocycles. The Balaban J connectivity index is 2.09. The standard InChI is InChI=1S/C14H19FN2O/c1-8-6-9(15)4-5-10(8)13(18)17-12-7-11(16)14(12,2)3/h4-6,11-12H,7,16H2,1-3H3,(H,17,18). The van der Waals surface area contributed by atoms with Gasteiger partial charge in [-0.15, -0.1) is 0 Å². The highest BCUT2D eigenvalue weighted by Crippen LogP contribution is 2.39. The Morgan fingerprint density at radius 1 is 1.50 bits per heavy atom. The third-order valence-corrected chi connectivity index (χ3v) is 4.08. The topological polar surface area (TPSA) is 55.1 Å². The predicted molar refractivity (Wildman–Crippen MR) is 68.8 cm³/mol. The lowest BCUT2D eigenvalue weighted by Crippen LogP contribution is -2.64. The molecule has 0 radical (unpaired) electrons. The van der Waals surface area contributed by atoms with Gasteiger partial charge in [-0.05, 0) is 37.1 Å². The number of hydrogen-bond acceptors (Lipinski definition) is 2. The first-order chi connectivity index (χ1) is 8.32. The molecule has 1 aromatic rings. The molecule has 0 saturated heterocycles. The number of amides is 1. The molecule has 0 heterocycles. The molecular formula is C14H19FN2O. The average Bonchev–Trinajstić information content (AvgIpc) is 2.28. The summed E-state index contributed by atoms with van der Waals surface area (Å²) < 4.78 is 13.0. The molecule has 4 heteroatoms. The van der Waals surface area contributed by atoms with Crippen molar-refractivity contribution in [3.05, 3.63) is 35.1 Å². The minimum atomic E-state index is -0.324. The van der Waals surface area contributed by atoms with Gasteiger partial charge in [0, 0.05) is 23.1 Å². The van der Waals surface area contributed by atoms with Crippen LogP contribution in [-0.2, 0) is 0 Å². The molecule has 1 aromatic carbocycles. The average molecular weight is 250 g/mol. The molecular weight excluding hydrogens is 231 g/mol.